The first-order chi connectivity index (χ1) is 10.9. The highest BCUT2D eigenvalue weighted by atomic mass is 16.5. The number of ether oxygens (including phenoxy) is 2. The van der Waals surface area contributed by atoms with Gasteiger partial charge in [0.15, 0.2) is 6.61 Å². The molecule has 0 aliphatic rings. The molecule has 0 aromatic heterocycles. The Kier molecular flexibility index (Phi) is 7.59. The minimum Gasteiger partial charge on any atom is -0.494 e. The van der Waals surface area contributed by atoms with Crippen LogP contribution in [0.1, 0.15) is 31.1 Å². The molecule has 0 radical (unpaired) electrons. The molecule has 1 aromatic carbocycles. The fourth-order valence-corrected chi connectivity index (χ4v) is 1.68. The average Bonchev–Trinajstić information content (AvgIpc) is 2.51. The maximum atomic E-state index is 11.9. The topological polar surface area (TPSA) is 93.7 Å². The van der Waals surface area contributed by atoms with Crippen molar-refractivity contribution >= 4 is 17.8 Å². The predicted octanol–water partition coefficient (Wildman–Crippen LogP) is 0.883. The number of esters is 1. The van der Waals surface area contributed by atoms with Crippen molar-refractivity contribution in [3.63, 3.8) is 0 Å². The van der Waals surface area contributed by atoms with Gasteiger partial charge < -0.3 is 20.1 Å². The number of amides is 2. The molecule has 0 atom stereocenters. The lowest BCUT2D eigenvalue weighted by Gasteiger charge is -2.09. The monoisotopic (exact) mass is 322 g/mol. The lowest BCUT2D eigenvalue weighted by molar-refractivity contribution is -0.147. The zero-order chi connectivity index (χ0) is 17.2. The van der Waals surface area contributed by atoms with Crippen LogP contribution in [0.4, 0.5) is 0 Å². The van der Waals surface area contributed by atoms with Crippen LogP contribution in [0.15, 0.2) is 24.3 Å². The van der Waals surface area contributed by atoms with Crippen molar-refractivity contribution in [3.05, 3.63) is 29.8 Å². The normalized spacial score (nSPS) is 10.1. The van der Waals surface area contributed by atoms with Gasteiger partial charge in [-0.15, -0.1) is 0 Å². The molecular formula is C16H22N2O5. The first kappa shape index (κ1) is 18.5. The largest absolute Gasteiger partial charge is 0.494 e. The van der Waals surface area contributed by atoms with Gasteiger partial charge in [-0.25, -0.2) is 0 Å². The zero-order valence-electron chi connectivity index (χ0n) is 13.5. The highest BCUT2D eigenvalue weighted by molar-refractivity contribution is 5.96. The second kappa shape index (κ2) is 9.45. The number of carbonyl (C=O) groups is 3. The summed E-state index contributed by atoms with van der Waals surface area (Å²) in [6.45, 7) is 5.35. The van der Waals surface area contributed by atoms with Gasteiger partial charge in [0.2, 0.25) is 0 Å². The van der Waals surface area contributed by atoms with Crippen molar-refractivity contribution in [1.82, 2.24) is 10.6 Å². The van der Waals surface area contributed by atoms with E-state index in [2.05, 4.69) is 10.6 Å². The lowest BCUT2D eigenvalue weighted by Crippen LogP contribution is -2.36. The molecule has 1 aromatic rings. The minimum absolute atomic E-state index is 0.0273. The van der Waals surface area contributed by atoms with Crippen LogP contribution >= 0.6 is 0 Å². The molecule has 0 aliphatic heterocycles. The summed E-state index contributed by atoms with van der Waals surface area (Å²) in [5, 5.41) is 5.02. The summed E-state index contributed by atoms with van der Waals surface area (Å²) < 4.78 is 10.0. The maximum absolute atomic E-state index is 11.9. The van der Waals surface area contributed by atoms with Crippen LogP contribution in [0, 0.1) is 0 Å². The van der Waals surface area contributed by atoms with Crippen molar-refractivity contribution < 1.29 is 23.9 Å². The van der Waals surface area contributed by atoms with E-state index in [1.165, 1.54) is 0 Å². The Hall–Kier alpha value is -2.57. The molecule has 0 saturated carbocycles. The number of hydrogen-bond donors (Lipinski definition) is 2. The molecule has 7 nitrogen and oxygen atoms in total. The Morgan fingerprint density at radius 1 is 1.13 bits per heavy atom. The van der Waals surface area contributed by atoms with Crippen LogP contribution in [-0.2, 0) is 14.3 Å². The average molecular weight is 322 g/mol. The SMILES string of the molecule is CCOc1ccc(C(=O)NCC(=O)OCC(=O)NC(C)C)cc1. The molecule has 0 bridgehead atoms. The van der Waals surface area contributed by atoms with Crippen LogP contribution in [0.3, 0.4) is 0 Å². The van der Waals surface area contributed by atoms with Crippen molar-refractivity contribution in [1.29, 1.82) is 0 Å². The Balaban J connectivity index is 2.34. The van der Waals surface area contributed by atoms with Crippen LogP contribution in [0.5, 0.6) is 5.75 Å². The molecule has 0 spiro atoms. The van der Waals surface area contributed by atoms with Crippen molar-refractivity contribution in [2.24, 2.45) is 0 Å². The van der Waals surface area contributed by atoms with Crippen LogP contribution in [0.2, 0.25) is 0 Å². The number of rotatable bonds is 8. The number of carbonyl (C=O) groups excluding carboxylic acids is 3. The maximum Gasteiger partial charge on any atom is 0.325 e. The van der Waals surface area contributed by atoms with Crippen molar-refractivity contribution in [2.45, 2.75) is 26.8 Å². The van der Waals surface area contributed by atoms with Crippen LogP contribution in [-0.4, -0.2) is 43.6 Å². The smallest absolute Gasteiger partial charge is 0.325 e. The summed E-state index contributed by atoms with van der Waals surface area (Å²) in [7, 11) is 0. The fraction of sp³-hybridized carbons (Fsp3) is 0.438. The quantitative estimate of drug-likeness (QED) is 0.693. The molecule has 2 N–H and O–H groups in total. The third-order valence-corrected chi connectivity index (χ3v) is 2.63. The van der Waals surface area contributed by atoms with Gasteiger partial charge >= 0.3 is 5.97 Å². The summed E-state index contributed by atoms with van der Waals surface area (Å²) in [4.78, 5) is 34.6. The first-order valence-corrected chi connectivity index (χ1v) is 7.38. The molecule has 0 unspecified atom stereocenters. The highest BCUT2D eigenvalue weighted by Crippen LogP contribution is 2.11. The van der Waals surface area contributed by atoms with E-state index in [-0.39, 0.29) is 25.1 Å². The van der Waals surface area contributed by atoms with E-state index in [9.17, 15) is 14.4 Å². The van der Waals surface area contributed by atoms with E-state index in [0.29, 0.717) is 17.9 Å². The second-order valence-electron chi connectivity index (χ2n) is 5.02. The summed E-state index contributed by atoms with van der Waals surface area (Å²) >= 11 is 0. The zero-order valence-corrected chi connectivity index (χ0v) is 13.5. The van der Waals surface area contributed by atoms with Gasteiger partial charge in [0.25, 0.3) is 11.8 Å². The summed E-state index contributed by atoms with van der Waals surface area (Å²) in [6, 6.07) is 6.52. The standard InChI is InChI=1S/C16H22N2O5/c1-4-22-13-7-5-12(6-8-13)16(21)17-9-15(20)23-10-14(19)18-11(2)3/h5-8,11H,4,9-10H2,1-3H3,(H,17,21)(H,18,19). The van der Waals surface area contributed by atoms with E-state index in [0.717, 1.165) is 0 Å². The van der Waals surface area contributed by atoms with Crippen LogP contribution < -0.4 is 15.4 Å². The molecule has 23 heavy (non-hydrogen) atoms. The van der Waals surface area contributed by atoms with Crippen molar-refractivity contribution in [2.75, 3.05) is 19.8 Å². The number of hydrogen-bond acceptors (Lipinski definition) is 5. The van der Waals surface area contributed by atoms with Gasteiger partial charge in [-0.1, -0.05) is 0 Å². The minimum atomic E-state index is -0.678. The third-order valence-electron chi connectivity index (χ3n) is 2.63. The van der Waals surface area contributed by atoms with E-state index < -0.39 is 11.9 Å². The Morgan fingerprint density at radius 3 is 2.35 bits per heavy atom. The predicted molar refractivity (Wildman–Crippen MR) is 84.2 cm³/mol. The fourth-order valence-electron chi connectivity index (χ4n) is 1.68. The third kappa shape index (κ3) is 7.30. The first-order valence-electron chi connectivity index (χ1n) is 7.38. The molecule has 0 saturated heterocycles. The van der Waals surface area contributed by atoms with E-state index in [1.54, 1.807) is 38.1 Å². The Labute approximate surface area is 135 Å². The molecule has 126 valence electrons. The molecular weight excluding hydrogens is 300 g/mol. The lowest BCUT2D eigenvalue weighted by atomic mass is 10.2. The van der Waals surface area contributed by atoms with E-state index in [4.69, 9.17) is 9.47 Å². The molecule has 0 heterocycles. The summed E-state index contributed by atoms with van der Waals surface area (Å²) in [5.74, 6) is -0.800. The van der Waals surface area contributed by atoms with Gasteiger partial charge in [0, 0.05) is 11.6 Å². The van der Waals surface area contributed by atoms with Crippen molar-refractivity contribution in [3.8, 4) is 5.75 Å². The molecule has 2 amide bonds. The van der Waals surface area contributed by atoms with Gasteiger partial charge in [-0.2, -0.15) is 0 Å². The van der Waals surface area contributed by atoms with Gasteiger partial charge in [0.1, 0.15) is 12.3 Å². The van der Waals surface area contributed by atoms with Gasteiger partial charge in [0.05, 0.1) is 6.61 Å². The molecule has 0 fully saturated rings. The number of nitrogens with one attached hydrogen (secondary N) is 2. The van der Waals surface area contributed by atoms with Crippen LogP contribution in [0.25, 0.3) is 0 Å². The second-order valence-corrected chi connectivity index (χ2v) is 5.02. The molecule has 7 heteroatoms. The molecule has 0 aliphatic carbocycles. The number of benzene rings is 1. The van der Waals surface area contributed by atoms with E-state index in [1.807, 2.05) is 6.92 Å². The van der Waals surface area contributed by atoms with Gasteiger partial charge in [-0.05, 0) is 45.0 Å². The van der Waals surface area contributed by atoms with E-state index >= 15 is 0 Å². The Morgan fingerprint density at radius 2 is 1.78 bits per heavy atom. The van der Waals surface area contributed by atoms with Gasteiger partial charge in [-0.3, -0.25) is 14.4 Å². The highest BCUT2D eigenvalue weighted by Gasteiger charge is 2.11. The summed E-state index contributed by atoms with van der Waals surface area (Å²) in [5.41, 5.74) is 0.402. The Bertz CT molecular complexity index is 540. The summed E-state index contributed by atoms with van der Waals surface area (Å²) in [6.07, 6.45) is 0. The molecule has 1 rings (SSSR count).